The average Bonchev–Trinajstić information content (AvgIpc) is 3.25. The molecule has 7 nitrogen and oxygen atoms in total. The summed E-state index contributed by atoms with van der Waals surface area (Å²) in [4.78, 5) is 14.3. The van der Waals surface area contributed by atoms with Crippen molar-refractivity contribution >= 4 is 17.2 Å². The maximum atomic E-state index is 11.9. The molecule has 0 aliphatic heterocycles. The Balaban J connectivity index is 1.61. The number of nitrogens with one attached hydrogen (secondary N) is 1. The molecular formula is C15H15N5O2S. The molecule has 0 aliphatic carbocycles. The number of rotatable bonds is 6. The largest absolute Gasteiger partial charge is 0.497 e. The van der Waals surface area contributed by atoms with Gasteiger partial charge in [0.25, 0.3) is 0 Å². The number of thiophene rings is 1. The number of amides is 1. The zero-order chi connectivity index (χ0) is 16.1. The fraction of sp³-hybridized carbons (Fsp3) is 0.200. The summed E-state index contributed by atoms with van der Waals surface area (Å²) in [7, 11) is 1.60. The maximum Gasteiger partial charge on any atom is 0.243 e. The topological polar surface area (TPSA) is 81.9 Å². The summed E-state index contributed by atoms with van der Waals surface area (Å²) in [6.07, 6.45) is 0. The Morgan fingerprint density at radius 3 is 3.04 bits per heavy atom. The molecule has 2 heterocycles. The van der Waals surface area contributed by atoms with Gasteiger partial charge in [-0.2, -0.15) is 4.80 Å². The van der Waals surface area contributed by atoms with Crippen molar-refractivity contribution in [3.63, 3.8) is 0 Å². The third kappa shape index (κ3) is 3.92. The smallest absolute Gasteiger partial charge is 0.243 e. The second kappa shape index (κ2) is 7.01. The van der Waals surface area contributed by atoms with E-state index in [0.29, 0.717) is 18.1 Å². The lowest BCUT2D eigenvalue weighted by Gasteiger charge is -2.02. The zero-order valence-electron chi connectivity index (χ0n) is 12.5. The molecule has 23 heavy (non-hydrogen) atoms. The summed E-state index contributed by atoms with van der Waals surface area (Å²) in [5, 5.41) is 16.9. The molecule has 118 valence electrons. The van der Waals surface area contributed by atoms with Gasteiger partial charge in [-0.05, 0) is 28.8 Å². The Kier molecular flexibility index (Phi) is 4.62. The standard InChI is InChI=1S/C15H15N5O2S/c1-22-12-5-2-4-11(8-12)15-17-19-20(18-15)10-14(21)16-9-13-6-3-7-23-13/h2-8H,9-10H2,1H3,(H,16,21). The maximum absolute atomic E-state index is 11.9. The normalized spacial score (nSPS) is 10.5. The number of hydrogen-bond acceptors (Lipinski definition) is 6. The van der Waals surface area contributed by atoms with E-state index in [0.717, 1.165) is 10.4 Å². The van der Waals surface area contributed by atoms with E-state index in [1.165, 1.54) is 4.80 Å². The van der Waals surface area contributed by atoms with Crippen LogP contribution in [0.5, 0.6) is 5.75 Å². The minimum atomic E-state index is -0.159. The highest BCUT2D eigenvalue weighted by atomic mass is 32.1. The average molecular weight is 329 g/mol. The van der Waals surface area contributed by atoms with Gasteiger partial charge in [-0.15, -0.1) is 21.5 Å². The number of nitrogens with zero attached hydrogens (tertiary/aromatic N) is 4. The Labute approximate surface area is 136 Å². The minimum absolute atomic E-state index is 0.0301. The molecule has 0 unspecified atom stereocenters. The highest BCUT2D eigenvalue weighted by Gasteiger charge is 2.10. The number of methoxy groups -OCH3 is 1. The van der Waals surface area contributed by atoms with E-state index < -0.39 is 0 Å². The zero-order valence-corrected chi connectivity index (χ0v) is 13.3. The van der Waals surface area contributed by atoms with Crippen LogP contribution in [0.4, 0.5) is 0 Å². The van der Waals surface area contributed by atoms with Crippen LogP contribution in [0.15, 0.2) is 41.8 Å². The predicted octanol–water partition coefficient (Wildman–Crippen LogP) is 1.73. The first-order chi connectivity index (χ1) is 11.2. The number of carbonyl (C=O) groups excluding carboxylic acids is 1. The molecular weight excluding hydrogens is 314 g/mol. The molecule has 3 rings (SSSR count). The Morgan fingerprint density at radius 1 is 1.35 bits per heavy atom. The van der Waals surface area contributed by atoms with Crippen LogP contribution in [-0.2, 0) is 17.9 Å². The molecule has 1 amide bonds. The van der Waals surface area contributed by atoms with Crippen LogP contribution in [0.2, 0.25) is 0 Å². The van der Waals surface area contributed by atoms with Crippen LogP contribution in [0.25, 0.3) is 11.4 Å². The van der Waals surface area contributed by atoms with E-state index in [2.05, 4.69) is 20.7 Å². The third-order valence-corrected chi connectivity index (χ3v) is 3.98. The fourth-order valence-electron chi connectivity index (χ4n) is 1.97. The summed E-state index contributed by atoms with van der Waals surface area (Å²) in [5.41, 5.74) is 0.787. The lowest BCUT2D eigenvalue weighted by molar-refractivity contribution is -0.122. The minimum Gasteiger partial charge on any atom is -0.497 e. The van der Waals surface area contributed by atoms with Crippen LogP contribution in [0, 0.1) is 0 Å². The van der Waals surface area contributed by atoms with Crippen LogP contribution in [0.1, 0.15) is 4.88 Å². The first kappa shape index (κ1) is 15.2. The SMILES string of the molecule is COc1cccc(-c2nnn(CC(=O)NCc3cccs3)n2)c1. The molecule has 3 aromatic rings. The second-order valence-electron chi connectivity index (χ2n) is 4.73. The molecule has 0 aliphatic rings. The van der Waals surface area contributed by atoms with E-state index in [1.807, 2.05) is 41.8 Å². The van der Waals surface area contributed by atoms with Gasteiger partial charge in [-0.3, -0.25) is 4.79 Å². The molecule has 8 heteroatoms. The monoisotopic (exact) mass is 329 g/mol. The molecule has 0 atom stereocenters. The van der Waals surface area contributed by atoms with Crippen molar-refractivity contribution < 1.29 is 9.53 Å². The van der Waals surface area contributed by atoms with E-state index >= 15 is 0 Å². The second-order valence-corrected chi connectivity index (χ2v) is 5.76. The van der Waals surface area contributed by atoms with Crippen molar-refractivity contribution in [2.24, 2.45) is 0 Å². The van der Waals surface area contributed by atoms with Crippen LogP contribution < -0.4 is 10.1 Å². The highest BCUT2D eigenvalue weighted by Crippen LogP contribution is 2.19. The quantitative estimate of drug-likeness (QED) is 0.745. The molecule has 0 spiro atoms. The summed E-state index contributed by atoms with van der Waals surface area (Å²) >= 11 is 1.60. The highest BCUT2D eigenvalue weighted by molar-refractivity contribution is 7.09. The van der Waals surface area contributed by atoms with Crippen molar-refractivity contribution in [3.05, 3.63) is 46.7 Å². The third-order valence-electron chi connectivity index (χ3n) is 3.11. The van der Waals surface area contributed by atoms with Gasteiger partial charge in [-0.1, -0.05) is 18.2 Å². The van der Waals surface area contributed by atoms with Crippen LogP contribution in [0.3, 0.4) is 0 Å². The van der Waals surface area contributed by atoms with Gasteiger partial charge in [0.05, 0.1) is 13.7 Å². The molecule has 1 aromatic carbocycles. The van der Waals surface area contributed by atoms with E-state index in [9.17, 15) is 4.79 Å². The van der Waals surface area contributed by atoms with Gasteiger partial charge in [0.2, 0.25) is 11.7 Å². The van der Waals surface area contributed by atoms with Gasteiger partial charge in [0.1, 0.15) is 12.3 Å². The number of aromatic nitrogens is 4. The van der Waals surface area contributed by atoms with Crippen LogP contribution >= 0.6 is 11.3 Å². The molecule has 0 bridgehead atoms. The first-order valence-electron chi connectivity index (χ1n) is 6.96. The molecule has 0 saturated carbocycles. The Bertz CT molecular complexity index is 785. The van der Waals surface area contributed by atoms with Crippen molar-refractivity contribution in [1.29, 1.82) is 0 Å². The first-order valence-corrected chi connectivity index (χ1v) is 7.84. The lowest BCUT2D eigenvalue weighted by atomic mass is 10.2. The van der Waals surface area contributed by atoms with Crippen molar-refractivity contribution in [2.75, 3.05) is 7.11 Å². The molecule has 1 N–H and O–H groups in total. The van der Waals surface area contributed by atoms with Crippen LogP contribution in [-0.4, -0.2) is 33.2 Å². The van der Waals surface area contributed by atoms with Crippen molar-refractivity contribution in [1.82, 2.24) is 25.5 Å². The predicted molar refractivity (Wildman–Crippen MR) is 86.0 cm³/mol. The van der Waals surface area contributed by atoms with Gasteiger partial charge < -0.3 is 10.1 Å². The molecule has 0 saturated heterocycles. The van der Waals surface area contributed by atoms with Gasteiger partial charge in [-0.25, -0.2) is 0 Å². The number of hydrogen-bond donors (Lipinski definition) is 1. The summed E-state index contributed by atoms with van der Waals surface area (Å²) in [6, 6.07) is 11.3. The van der Waals surface area contributed by atoms with Gasteiger partial charge >= 0.3 is 0 Å². The van der Waals surface area contributed by atoms with Crippen molar-refractivity contribution in [2.45, 2.75) is 13.1 Å². The Hall–Kier alpha value is -2.74. The number of carbonyl (C=O) groups is 1. The lowest BCUT2D eigenvalue weighted by Crippen LogP contribution is -2.27. The van der Waals surface area contributed by atoms with Gasteiger partial charge in [0.15, 0.2) is 0 Å². The van der Waals surface area contributed by atoms with E-state index in [4.69, 9.17) is 4.74 Å². The number of benzene rings is 1. The number of ether oxygens (including phenoxy) is 1. The fourth-order valence-corrected chi connectivity index (χ4v) is 2.62. The number of tetrazole rings is 1. The van der Waals surface area contributed by atoms with E-state index in [1.54, 1.807) is 18.4 Å². The summed E-state index contributed by atoms with van der Waals surface area (Å²) < 4.78 is 5.17. The molecule has 2 aromatic heterocycles. The molecule has 0 fully saturated rings. The van der Waals surface area contributed by atoms with E-state index in [-0.39, 0.29) is 12.5 Å². The Morgan fingerprint density at radius 2 is 2.26 bits per heavy atom. The summed E-state index contributed by atoms with van der Waals surface area (Å²) in [5.74, 6) is 1.01. The molecule has 0 radical (unpaired) electrons. The summed E-state index contributed by atoms with van der Waals surface area (Å²) in [6.45, 7) is 0.538. The van der Waals surface area contributed by atoms with Crippen molar-refractivity contribution in [3.8, 4) is 17.1 Å². The van der Waals surface area contributed by atoms with Gasteiger partial charge in [0, 0.05) is 10.4 Å².